The van der Waals surface area contributed by atoms with Crippen molar-refractivity contribution in [3.8, 4) is 11.5 Å². The van der Waals surface area contributed by atoms with Crippen LogP contribution in [0.1, 0.15) is 36.3 Å². The molecule has 156 valence electrons. The van der Waals surface area contributed by atoms with Gasteiger partial charge in [-0.15, -0.1) is 0 Å². The van der Waals surface area contributed by atoms with E-state index < -0.39 is 5.54 Å². The maximum Gasteiger partial charge on any atom is 0.271 e. The van der Waals surface area contributed by atoms with E-state index >= 15 is 0 Å². The van der Waals surface area contributed by atoms with E-state index in [-0.39, 0.29) is 11.8 Å². The molecule has 1 aliphatic rings. The largest absolute Gasteiger partial charge is 0.463 e. The minimum atomic E-state index is -1.02. The SMILES string of the molecule is CCCN1C(=O)c2ccc(-c3ccco3)n2C[C@@]1(C)C(=O)NCc1ccc(Cl)cc1. The summed E-state index contributed by atoms with van der Waals surface area (Å²) in [5.74, 6) is 0.330. The molecule has 1 aliphatic heterocycles. The van der Waals surface area contributed by atoms with Crippen molar-refractivity contribution in [3.63, 3.8) is 0 Å². The number of carbonyl (C=O) groups excluding carboxylic acids is 2. The van der Waals surface area contributed by atoms with E-state index in [4.69, 9.17) is 16.0 Å². The first-order valence-corrected chi connectivity index (χ1v) is 10.4. The van der Waals surface area contributed by atoms with Gasteiger partial charge in [0.15, 0.2) is 0 Å². The molecule has 2 amide bonds. The molecule has 7 heteroatoms. The van der Waals surface area contributed by atoms with Crippen LogP contribution in [0.2, 0.25) is 5.02 Å². The molecule has 4 rings (SSSR count). The molecule has 30 heavy (non-hydrogen) atoms. The molecule has 1 atom stereocenters. The monoisotopic (exact) mass is 425 g/mol. The molecule has 0 unspecified atom stereocenters. The molecule has 0 saturated carbocycles. The van der Waals surface area contributed by atoms with Gasteiger partial charge in [-0.3, -0.25) is 9.59 Å². The molecule has 0 bridgehead atoms. The summed E-state index contributed by atoms with van der Waals surface area (Å²) in [4.78, 5) is 28.3. The third-order valence-corrected chi connectivity index (χ3v) is 5.83. The highest BCUT2D eigenvalue weighted by atomic mass is 35.5. The van der Waals surface area contributed by atoms with Crippen LogP contribution in [-0.4, -0.2) is 33.4 Å². The minimum absolute atomic E-state index is 0.148. The van der Waals surface area contributed by atoms with Crippen LogP contribution in [-0.2, 0) is 17.9 Å². The van der Waals surface area contributed by atoms with Crippen molar-refractivity contribution in [2.45, 2.75) is 38.9 Å². The lowest BCUT2D eigenvalue weighted by Crippen LogP contribution is -2.64. The van der Waals surface area contributed by atoms with E-state index in [2.05, 4.69) is 5.32 Å². The quantitative estimate of drug-likeness (QED) is 0.638. The van der Waals surface area contributed by atoms with Crippen molar-refractivity contribution in [1.82, 2.24) is 14.8 Å². The average molecular weight is 426 g/mol. The summed E-state index contributed by atoms with van der Waals surface area (Å²) in [6, 6.07) is 14.7. The maximum absolute atomic E-state index is 13.4. The zero-order valence-electron chi connectivity index (χ0n) is 17.0. The standard InChI is InChI=1S/C23H24ClN3O3/c1-3-12-27-21(28)19-11-10-18(20-5-4-13-30-20)26(19)15-23(27,2)22(29)25-14-16-6-8-17(24)9-7-16/h4-11,13H,3,12,14-15H2,1-2H3,(H,25,29)/t23-/m0/s1. The Balaban J connectivity index is 1.64. The van der Waals surface area contributed by atoms with Crippen molar-refractivity contribution in [1.29, 1.82) is 0 Å². The first kappa shape index (κ1) is 20.3. The third kappa shape index (κ3) is 3.52. The van der Waals surface area contributed by atoms with E-state index in [1.54, 1.807) is 35.4 Å². The summed E-state index contributed by atoms with van der Waals surface area (Å²) in [7, 11) is 0. The van der Waals surface area contributed by atoms with Gasteiger partial charge in [-0.05, 0) is 55.3 Å². The van der Waals surface area contributed by atoms with Gasteiger partial charge in [0.2, 0.25) is 5.91 Å². The van der Waals surface area contributed by atoms with Crippen molar-refractivity contribution in [3.05, 3.63) is 71.1 Å². The Morgan fingerprint density at radius 1 is 1.17 bits per heavy atom. The molecule has 0 radical (unpaired) electrons. The van der Waals surface area contributed by atoms with Crippen LogP contribution >= 0.6 is 11.6 Å². The molecule has 0 aliphatic carbocycles. The van der Waals surface area contributed by atoms with Gasteiger partial charge in [-0.1, -0.05) is 30.7 Å². The van der Waals surface area contributed by atoms with E-state index in [9.17, 15) is 9.59 Å². The summed E-state index contributed by atoms with van der Waals surface area (Å²) in [5, 5.41) is 3.65. The highest BCUT2D eigenvalue weighted by Crippen LogP contribution is 2.33. The molecule has 1 aromatic carbocycles. The Bertz CT molecular complexity index is 1060. The van der Waals surface area contributed by atoms with Crippen molar-refractivity contribution in [2.75, 3.05) is 6.54 Å². The first-order chi connectivity index (χ1) is 14.4. The number of aromatic nitrogens is 1. The van der Waals surface area contributed by atoms with Crippen LogP contribution in [0.5, 0.6) is 0 Å². The lowest BCUT2D eigenvalue weighted by molar-refractivity contribution is -0.133. The molecular formula is C23H24ClN3O3. The second kappa shape index (κ2) is 8.03. The Hall–Kier alpha value is -2.99. The van der Waals surface area contributed by atoms with E-state index in [0.29, 0.717) is 36.1 Å². The van der Waals surface area contributed by atoms with E-state index in [0.717, 1.165) is 17.7 Å². The van der Waals surface area contributed by atoms with Gasteiger partial charge in [-0.2, -0.15) is 0 Å². The summed E-state index contributed by atoms with van der Waals surface area (Å²) < 4.78 is 7.42. The fourth-order valence-corrected chi connectivity index (χ4v) is 4.09. The summed E-state index contributed by atoms with van der Waals surface area (Å²) in [6.45, 7) is 5.05. The van der Waals surface area contributed by atoms with Gasteiger partial charge in [0.25, 0.3) is 5.91 Å². The van der Waals surface area contributed by atoms with Crippen LogP contribution < -0.4 is 5.32 Å². The fraction of sp³-hybridized carbons (Fsp3) is 0.304. The van der Waals surface area contributed by atoms with Crippen LogP contribution in [0.3, 0.4) is 0 Å². The van der Waals surface area contributed by atoms with Crippen molar-refractivity contribution in [2.24, 2.45) is 0 Å². The number of amides is 2. The normalized spacial score (nSPS) is 18.4. The van der Waals surface area contributed by atoms with Crippen molar-refractivity contribution < 1.29 is 14.0 Å². The van der Waals surface area contributed by atoms with Gasteiger partial charge < -0.3 is 19.2 Å². The van der Waals surface area contributed by atoms with Gasteiger partial charge in [-0.25, -0.2) is 0 Å². The smallest absolute Gasteiger partial charge is 0.271 e. The van der Waals surface area contributed by atoms with Gasteiger partial charge >= 0.3 is 0 Å². The van der Waals surface area contributed by atoms with Crippen molar-refractivity contribution >= 4 is 23.4 Å². The zero-order valence-corrected chi connectivity index (χ0v) is 17.8. The van der Waals surface area contributed by atoms with Gasteiger partial charge in [0.1, 0.15) is 17.0 Å². The number of carbonyl (C=O) groups is 2. The average Bonchev–Trinajstić information content (AvgIpc) is 3.40. The van der Waals surface area contributed by atoms with Crippen LogP contribution in [0.15, 0.2) is 59.2 Å². The number of furan rings is 1. The molecule has 0 fully saturated rings. The molecule has 3 heterocycles. The molecular weight excluding hydrogens is 402 g/mol. The highest BCUT2D eigenvalue weighted by Gasteiger charge is 2.47. The molecule has 0 spiro atoms. The molecule has 0 saturated heterocycles. The zero-order chi connectivity index (χ0) is 21.3. The predicted molar refractivity (Wildman–Crippen MR) is 115 cm³/mol. The minimum Gasteiger partial charge on any atom is -0.463 e. The lowest BCUT2D eigenvalue weighted by Gasteiger charge is -2.44. The number of nitrogens with zero attached hydrogens (tertiary/aromatic N) is 2. The van der Waals surface area contributed by atoms with Crippen LogP contribution in [0.25, 0.3) is 11.5 Å². The first-order valence-electron chi connectivity index (χ1n) is 10.0. The topological polar surface area (TPSA) is 67.5 Å². The number of halogens is 1. The summed E-state index contributed by atoms with van der Waals surface area (Å²) in [5.41, 5.74) is 1.28. The number of benzene rings is 1. The molecule has 2 aromatic heterocycles. The Labute approximate surface area is 180 Å². The Kier molecular flexibility index (Phi) is 5.43. The third-order valence-electron chi connectivity index (χ3n) is 5.58. The number of hydrogen-bond acceptors (Lipinski definition) is 3. The number of fused-ring (bicyclic) bond motifs is 1. The van der Waals surface area contributed by atoms with E-state index in [1.807, 2.05) is 42.7 Å². The maximum atomic E-state index is 13.4. The fourth-order valence-electron chi connectivity index (χ4n) is 3.96. The summed E-state index contributed by atoms with van der Waals surface area (Å²) >= 11 is 5.94. The molecule has 1 N–H and O–H groups in total. The number of nitrogens with one attached hydrogen (secondary N) is 1. The lowest BCUT2D eigenvalue weighted by atomic mass is 9.94. The second-order valence-corrected chi connectivity index (χ2v) is 8.14. The number of hydrogen-bond donors (Lipinski definition) is 1. The van der Waals surface area contributed by atoms with Crippen LogP contribution in [0, 0.1) is 0 Å². The molecule has 6 nitrogen and oxygen atoms in total. The van der Waals surface area contributed by atoms with E-state index in [1.165, 1.54) is 0 Å². The van der Waals surface area contributed by atoms with Gasteiger partial charge in [0, 0.05) is 18.1 Å². The predicted octanol–water partition coefficient (Wildman–Crippen LogP) is 4.34. The number of rotatable bonds is 6. The highest BCUT2D eigenvalue weighted by molar-refractivity contribution is 6.30. The Morgan fingerprint density at radius 3 is 2.57 bits per heavy atom. The Morgan fingerprint density at radius 2 is 1.90 bits per heavy atom. The van der Waals surface area contributed by atoms with Crippen LogP contribution in [0.4, 0.5) is 0 Å². The molecule has 3 aromatic rings. The second-order valence-electron chi connectivity index (χ2n) is 7.71. The van der Waals surface area contributed by atoms with Gasteiger partial charge in [0.05, 0.1) is 18.5 Å². The summed E-state index contributed by atoms with van der Waals surface area (Å²) in [6.07, 6.45) is 2.36.